The Morgan fingerprint density at radius 2 is 2.00 bits per heavy atom. The monoisotopic (exact) mass is 235 g/mol. The van der Waals surface area contributed by atoms with Crippen LogP contribution in [-0.2, 0) is 0 Å². The number of thioether (sulfide) groups is 1. The average Bonchev–Trinajstić information content (AvgIpc) is 2.21. The molecule has 0 bridgehead atoms. The van der Waals surface area contributed by atoms with E-state index in [4.69, 9.17) is 5.26 Å². The lowest BCUT2D eigenvalue weighted by atomic mass is 10.1. The molecular formula is C10H9N3S2. The zero-order valence-electron chi connectivity index (χ0n) is 8.66. The Kier molecular flexibility index (Phi) is 3.98. The van der Waals surface area contributed by atoms with E-state index in [1.165, 1.54) is 0 Å². The van der Waals surface area contributed by atoms with Crippen molar-refractivity contribution in [2.45, 2.75) is 25.7 Å². The van der Waals surface area contributed by atoms with Gasteiger partial charge in [0, 0.05) is 16.2 Å². The standard InChI is InChI=1S/C10H9N3S2/c1-6-8(3)13-10(12-5-14)7(2)9(6)15-4-11/h1-3H3. The number of aromatic nitrogens is 1. The Balaban J connectivity index is 3.49. The van der Waals surface area contributed by atoms with E-state index < -0.39 is 0 Å². The predicted molar refractivity (Wildman–Crippen MR) is 64.6 cm³/mol. The number of rotatable bonds is 2. The second-order valence-corrected chi connectivity index (χ2v) is 3.97. The van der Waals surface area contributed by atoms with Crippen LogP contribution in [-0.4, -0.2) is 10.1 Å². The molecule has 1 aromatic heterocycles. The van der Waals surface area contributed by atoms with Crippen molar-refractivity contribution in [3.05, 3.63) is 16.8 Å². The van der Waals surface area contributed by atoms with Crippen molar-refractivity contribution in [3.8, 4) is 5.40 Å². The van der Waals surface area contributed by atoms with Crippen LogP contribution < -0.4 is 0 Å². The van der Waals surface area contributed by atoms with E-state index >= 15 is 0 Å². The van der Waals surface area contributed by atoms with Crippen molar-refractivity contribution < 1.29 is 0 Å². The lowest BCUT2D eigenvalue weighted by Crippen LogP contribution is -1.94. The number of hydrogen-bond donors (Lipinski definition) is 0. The fourth-order valence-electron chi connectivity index (χ4n) is 1.22. The molecule has 0 atom stereocenters. The molecule has 15 heavy (non-hydrogen) atoms. The largest absolute Gasteiger partial charge is 0.233 e. The second-order valence-electron chi connectivity index (χ2n) is 3.00. The van der Waals surface area contributed by atoms with Crippen molar-refractivity contribution in [2.75, 3.05) is 0 Å². The van der Waals surface area contributed by atoms with Gasteiger partial charge in [-0.05, 0) is 50.3 Å². The number of thiocarbonyl (C=S) groups is 1. The minimum atomic E-state index is 0.547. The first-order valence-corrected chi connectivity index (χ1v) is 5.46. The van der Waals surface area contributed by atoms with Crippen LogP contribution in [0.2, 0.25) is 0 Å². The van der Waals surface area contributed by atoms with Crippen LogP contribution in [0.3, 0.4) is 0 Å². The fraction of sp³-hybridized carbons (Fsp3) is 0.300. The number of isothiocyanates is 1. The molecule has 5 heteroatoms. The van der Waals surface area contributed by atoms with Crippen molar-refractivity contribution in [1.82, 2.24) is 4.98 Å². The maximum absolute atomic E-state index is 8.71. The Labute approximate surface area is 98.2 Å². The van der Waals surface area contributed by atoms with Crippen molar-refractivity contribution in [2.24, 2.45) is 4.99 Å². The highest BCUT2D eigenvalue weighted by Gasteiger charge is 2.11. The Morgan fingerprint density at radius 1 is 1.33 bits per heavy atom. The molecule has 76 valence electrons. The van der Waals surface area contributed by atoms with Gasteiger partial charge >= 0.3 is 0 Å². The second kappa shape index (κ2) is 5.04. The topological polar surface area (TPSA) is 49.0 Å². The minimum absolute atomic E-state index is 0.547. The van der Waals surface area contributed by atoms with E-state index in [-0.39, 0.29) is 0 Å². The highest BCUT2D eigenvalue weighted by Crippen LogP contribution is 2.31. The summed E-state index contributed by atoms with van der Waals surface area (Å²) in [5, 5.41) is 13.1. The Morgan fingerprint density at radius 3 is 2.53 bits per heavy atom. The molecule has 0 fully saturated rings. The number of nitrogens with zero attached hydrogens (tertiary/aromatic N) is 3. The zero-order valence-corrected chi connectivity index (χ0v) is 10.3. The molecule has 0 N–H and O–H groups in total. The van der Waals surface area contributed by atoms with Gasteiger partial charge in [0.2, 0.25) is 0 Å². The first kappa shape index (κ1) is 11.9. The van der Waals surface area contributed by atoms with Gasteiger partial charge in [-0.15, -0.1) is 0 Å². The van der Waals surface area contributed by atoms with Crippen LogP contribution in [0.4, 0.5) is 5.82 Å². The van der Waals surface area contributed by atoms with Crippen molar-refractivity contribution in [1.29, 1.82) is 5.26 Å². The smallest absolute Gasteiger partial charge is 0.166 e. The molecular weight excluding hydrogens is 226 g/mol. The quantitative estimate of drug-likeness (QED) is 0.341. The van der Waals surface area contributed by atoms with E-state index in [2.05, 4.69) is 32.8 Å². The number of aryl methyl sites for hydroxylation is 1. The third-order valence-electron chi connectivity index (χ3n) is 2.13. The average molecular weight is 235 g/mol. The maximum Gasteiger partial charge on any atom is 0.166 e. The van der Waals surface area contributed by atoms with Gasteiger partial charge in [0.25, 0.3) is 0 Å². The van der Waals surface area contributed by atoms with Gasteiger partial charge in [-0.2, -0.15) is 10.3 Å². The van der Waals surface area contributed by atoms with Crippen LogP contribution in [0.5, 0.6) is 0 Å². The van der Waals surface area contributed by atoms with Gasteiger partial charge in [0.1, 0.15) is 5.40 Å². The van der Waals surface area contributed by atoms with Gasteiger partial charge in [-0.3, -0.25) is 0 Å². The molecule has 0 unspecified atom stereocenters. The first-order chi connectivity index (χ1) is 7.11. The number of aliphatic imine (C=N–C) groups is 1. The SMILES string of the molecule is Cc1nc(N=C=S)c(C)c(SC#N)c1C. The van der Waals surface area contributed by atoms with Gasteiger partial charge in [-0.25, -0.2) is 4.98 Å². The van der Waals surface area contributed by atoms with Crippen LogP contribution in [0.1, 0.15) is 16.8 Å². The predicted octanol–water partition coefficient (Wildman–Crippen LogP) is 3.31. The summed E-state index contributed by atoms with van der Waals surface area (Å²) in [5.74, 6) is 0.547. The van der Waals surface area contributed by atoms with Crippen LogP contribution in [0, 0.1) is 31.4 Å². The summed E-state index contributed by atoms with van der Waals surface area (Å²) in [7, 11) is 0. The molecule has 1 rings (SSSR count). The lowest BCUT2D eigenvalue weighted by Gasteiger charge is -2.09. The molecule has 1 heterocycles. The van der Waals surface area contributed by atoms with Crippen molar-refractivity contribution in [3.63, 3.8) is 0 Å². The lowest BCUT2D eigenvalue weighted by molar-refractivity contribution is 1.05. The molecule has 0 aliphatic heterocycles. The molecule has 0 amide bonds. The highest BCUT2D eigenvalue weighted by molar-refractivity contribution is 8.03. The number of pyridine rings is 1. The fourth-order valence-corrected chi connectivity index (χ4v) is 1.95. The Hall–Kier alpha value is -1.21. The van der Waals surface area contributed by atoms with E-state index in [1.54, 1.807) is 0 Å². The molecule has 1 aromatic rings. The van der Waals surface area contributed by atoms with Gasteiger partial charge < -0.3 is 0 Å². The summed E-state index contributed by atoms with van der Waals surface area (Å²) in [6.45, 7) is 5.71. The number of hydrogen-bond acceptors (Lipinski definition) is 5. The molecule has 0 aliphatic rings. The van der Waals surface area contributed by atoms with E-state index in [0.717, 1.165) is 33.5 Å². The maximum atomic E-state index is 8.71. The van der Waals surface area contributed by atoms with E-state index in [9.17, 15) is 0 Å². The number of nitriles is 1. The van der Waals surface area contributed by atoms with Gasteiger partial charge in [0.05, 0.1) is 5.16 Å². The summed E-state index contributed by atoms with van der Waals surface area (Å²) in [5.41, 5.74) is 2.76. The van der Waals surface area contributed by atoms with Crippen LogP contribution in [0.25, 0.3) is 0 Å². The molecule has 0 aliphatic carbocycles. The summed E-state index contributed by atoms with van der Waals surface area (Å²) < 4.78 is 0. The summed E-state index contributed by atoms with van der Waals surface area (Å²) in [4.78, 5) is 9.08. The van der Waals surface area contributed by atoms with Gasteiger partial charge in [0.15, 0.2) is 5.82 Å². The third-order valence-corrected chi connectivity index (χ3v) is 3.13. The molecule has 0 spiro atoms. The first-order valence-electron chi connectivity index (χ1n) is 4.23. The molecule has 3 nitrogen and oxygen atoms in total. The molecule has 0 saturated heterocycles. The molecule has 0 saturated carbocycles. The van der Waals surface area contributed by atoms with Crippen molar-refractivity contribution >= 4 is 35.0 Å². The van der Waals surface area contributed by atoms with E-state index in [1.807, 2.05) is 20.8 Å². The molecule has 0 aromatic carbocycles. The minimum Gasteiger partial charge on any atom is -0.233 e. The normalized spacial score (nSPS) is 9.20. The third kappa shape index (κ3) is 2.42. The van der Waals surface area contributed by atoms with Gasteiger partial charge in [-0.1, -0.05) is 0 Å². The zero-order chi connectivity index (χ0) is 11.4. The summed E-state index contributed by atoms with van der Waals surface area (Å²) in [6, 6.07) is 0. The Bertz CT molecular complexity index is 482. The molecule has 0 radical (unpaired) electrons. The summed E-state index contributed by atoms with van der Waals surface area (Å²) >= 11 is 5.68. The van der Waals surface area contributed by atoms with E-state index in [0.29, 0.717) is 5.82 Å². The number of thiocyanates is 1. The summed E-state index contributed by atoms with van der Waals surface area (Å²) in [6.07, 6.45) is 0. The van der Waals surface area contributed by atoms with Crippen LogP contribution in [0.15, 0.2) is 9.89 Å². The highest BCUT2D eigenvalue weighted by atomic mass is 32.2. The van der Waals surface area contributed by atoms with Crippen LogP contribution >= 0.6 is 24.0 Å².